The van der Waals surface area contributed by atoms with Crippen molar-refractivity contribution in [2.45, 2.75) is 202 Å². The average molecular weight is 1060 g/mol. The molecule has 6 amide bonds. The van der Waals surface area contributed by atoms with Crippen LogP contribution in [-0.4, -0.2) is 138 Å². The van der Waals surface area contributed by atoms with Crippen LogP contribution in [0.2, 0.25) is 0 Å². The molecular formula is C56H76N14O7. The van der Waals surface area contributed by atoms with Gasteiger partial charge < -0.3 is 46.4 Å². The van der Waals surface area contributed by atoms with E-state index >= 15 is 0 Å². The molecule has 0 spiro atoms. The summed E-state index contributed by atoms with van der Waals surface area (Å²) in [7, 11) is 3.40. The lowest BCUT2D eigenvalue weighted by Gasteiger charge is -2.38. The van der Waals surface area contributed by atoms with Gasteiger partial charge in [0.15, 0.2) is 0 Å². The van der Waals surface area contributed by atoms with Gasteiger partial charge in [-0.3, -0.25) is 28.8 Å². The van der Waals surface area contributed by atoms with E-state index in [0.29, 0.717) is 75.6 Å². The Morgan fingerprint density at radius 1 is 0.545 bits per heavy atom. The Labute approximate surface area is 450 Å². The van der Waals surface area contributed by atoms with Gasteiger partial charge in [0, 0.05) is 12.1 Å². The number of carbonyl (C=O) groups excluding carboxylic acids is 6. The van der Waals surface area contributed by atoms with Crippen molar-refractivity contribution in [1.82, 2.24) is 71.7 Å². The highest BCUT2D eigenvalue weighted by Gasteiger charge is 2.48. The summed E-state index contributed by atoms with van der Waals surface area (Å²) in [6.45, 7) is 3.78. The van der Waals surface area contributed by atoms with Crippen LogP contribution in [0, 0.1) is 0 Å². The molecule has 4 saturated heterocycles. The lowest BCUT2D eigenvalue weighted by molar-refractivity contribution is -0.145. The average Bonchev–Trinajstić information content (AvgIpc) is 4.31. The molecule has 2 aromatic heterocycles. The summed E-state index contributed by atoms with van der Waals surface area (Å²) in [4.78, 5) is 87.4. The highest BCUT2D eigenvalue weighted by molar-refractivity contribution is 5.95. The van der Waals surface area contributed by atoms with E-state index < -0.39 is 36.3 Å². The van der Waals surface area contributed by atoms with Crippen molar-refractivity contribution in [3.63, 3.8) is 0 Å². The minimum absolute atomic E-state index is 0.125. The van der Waals surface area contributed by atoms with Crippen LogP contribution in [0.15, 0.2) is 60.9 Å². The molecular weight excluding hydrogens is 981 g/mol. The molecule has 12 atom stereocenters. The quantitative estimate of drug-likeness (QED) is 0.0944. The van der Waals surface area contributed by atoms with Gasteiger partial charge in [-0.05, 0) is 153 Å². The summed E-state index contributed by atoms with van der Waals surface area (Å²) in [6.07, 6.45) is 14.5. The molecule has 2 aliphatic carbocycles. The van der Waals surface area contributed by atoms with E-state index in [1.807, 2.05) is 46.0 Å². The van der Waals surface area contributed by atoms with Gasteiger partial charge in [-0.15, -0.1) is 10.2 Å². The van der Waals surface area contributed by atoms with Crippen molar-refractivity contribution in [2.24, 2.45) is 0 Å². The maximum Gasteiger partial charge on any atom is 0.246 e. The molecule has 0 unspecified atom stereocenters. The molecule has 0 bridgehead atoms. The van der Waals surface area contributed by atoms with Crippen LogP contribution >= 0.6 is 0 Å². The first kappa shape index (κ1) is 53.8. The number of aryl methyl sites for hydroxylation is 2. The lowest BCUT2D eigenvalue weighted by atomic mass is 9.87. The Hall–Kier alpha value is -6.58. The van der Waals surface area contributed by atoms with E-state index in [-0.39, 0.29) is 84.9 Å². The van der Waals surface area contributed by atoms with E-state index in [0.717, 1.165) is 49.7 Å². The summed E-state index contributed by atoms with van der Waals surface area (Å²) in [6, 6.07) is 11.4. The number of nitrogens with one attached hydrogen (secondary N) is 6. The molecule has 6 N–H and O–H groups in total. The molecule has 0 radical (unpaired) electrons. The van der Waals surface area contributed by atoms with Gasteiger partial charge in [0.05, 0.1) is 61.9 Å². The minimum Gasteiger partial charge on any atom is -0.369 e. The number of carbonyl (C=O) groups is 6. The Morgan fingerprint density at radius 3 is 1.39 bits per heavy atom. The summed E-state index contributed by atoms with van der Waals surface area (Å²) in [5, 5.41) is 36.6. The molecule has 4 aliphatic heterocycles. The fourth-order valence-corrected chi connectivity index (χ4v) is 12.9. The van der Waals surface area contributed by atoms with Crippen molar-refractivity contribution in [3.05, 3.63) is 94.6 Å². The highest BCUT2D eigenvalue weighted by atomic mass is 16.5. The largest absolute Gasteiger partial charge is 0.369 e. The number of likely N-dealkylation sites (N-methyl/N-ethyl adjacent to an activating group) is 2. The van der Waals surface area contributed by atoms with Crippen LogP contribution in [-0.2, 0) is 59.6 Å². The smallest absolute Gasteiger partial charge is 0.246 e. The maximum absolute atomic E-state index is 14.5. The molecule has 21 nitrogen and oxygen atoms in total. The number of fused-ring (bicyclic) bond motifs is 4. The highest BCUT2D eigenvalue weighted by Crippen LogP contribution is 2.39. The lowest BCUT2D eigenvalue weighted by Crippen LogP contribution is -2.58. The fourth-order valence-electron chi connectivity index (χ4n) is 12.9. The molecule has 412 valence electrons. The van der Waals surface area contributed by atoms with Gasteiger partial charge in [-0.2, -0.15) is 0 Å². The van der Waals surface area contributed by atoms with Crippen LogP contribution in [0.4, 0.5) is 0 Å². The predicted molar refractivity (Wildman–Crippen MR) is 283 cm³/mol. The SMILES string of the molecule is CN[C@@H](C)C(=O)N[C@H]1CC[C@H](n2cc(COCc3cn([C@H]4CC[C@H](NC(=O)[C@H](C)NC)C(=O)N5[C@H](CC[C@H]5C(=O)N[C@@H]5CCCc6ccccc65)C4)nn3)nn2)C[C@H]2CC[C@@H](C(=O)N[C@H]3CCCc4ccccc43)N2C1=O. The van der Waals surface area contributed by atoms with Gasteiger partial charge in [0.1, 0.15) is 35.6 Å². The van der Waals surface area contributed by atoms with E-state index in [4.69, 9.17) is 4.74 Å². The van der Waals surface area contributed by atoms with Crippen LogP contribution < -0.4 is 31.9 Å². The Bertz CT molecular complexity index is 2600. The second-order valence-electron chi connectivity index (χ2n) is 22.2. The topological polar surface area (TPSA) is 252 Å². The number of hydrogen-bond acceptors (Lipinski definition) is 13. The van der Waals surface area contributed by atoms with Crippen LogP contribution in [0.3, 0.4) is 0 Å². The molecule has 10 rings (SSSR count). The van der Waals surface area contributed by atoms with E-state index in [1.54, 1.807) is 37.7 Å². The first-order chi connectivity index (χ1) is 37.4. The normalized spacial score (nSPS) is 28.1. The molecule has 4 fully saturated rings. The monoisotopic (exact) mass is 1060 g/mol. The van der Waals surface area contributed by atoms with Crippen LogP contribution in [0.5, 0.6) is 0 Å². The molecule has 2 aromatic carbocycles. The van der Waals surface area contributed by atoms with Gasteiger partial charge in [-0.1, -0.05) is 59.0 Å². The minimum atomic E-state index is -0.822. The van der Waals surface area contributed by atoms with Gasteiger partial charge >= 0.3 is 0 Å². The zero-order valence-corrected chi connectivity index (χ0v) is 44.9. The molecule has 6 aliphatic rings. The summed E-state index contributed by atoms with van der Waals surface area (Å²) >= 11 is 0. The number of rotatable bonds is 16. The standard InChI is InChI=1S/C56H76N14O7/c1-33(57-3)51(71)61-47-23-19-39(27-41-21-25-49(69(41)55(47)75)53(73)59-45-17-9-13-35-11-5-7-15-43(35)45)67-29-37(63-65-67)31-77-32-38-30-68(66-64-38)40-20-24-48(62-52(72)34(2)58-4)56(76)70-42(28-40)22-26-50(70)54(74)60-46-18-10-14-36-12-6-8-16-44(36)46/h5-8,11-12,15-16,29-30,33-34,39-42,45-50,57-58H,9-10,13-14,17-28,31-32H2,1-4H3,(H,59,73)(H,60,74)(H,61,71)(H,62,72)/t33-,34-,39-,40-,41+,42+,45-,46+,47-,48-,49-,50-/m0/s1. The van der Waals surface area contributed by atoms with Crippen LogP contribution in [0.1, 0.15) is 162 Å². The molecule has 0 saturated carbocycles. The number of amides is 6. The Balaban J connectivity index is 0.788. The third-order valence-corrected chi connectivity index (χ3v) is 17.4. The van der Waals surface area contributed by atoms with Crippen LogP contribution in [0.25, 0.3) is 0 Å². The summed E-state index contributed by atoms with van der Waals surface area (Å²) < 4.78 is 9.82. The number of hydrogen-bond donors (Lipinski definition) is 6. The van der Waals surface area contributed by atoms with Crippen molar-refractivity contribution in [2.75, 3.05) is 14.1 Å². The fraction of sp³-hybridized carbons (Fsp3) is 0.607. The van der Waals surface area contributed by atoms with Crippen molar-refractivity contribution in [1.29, 1.82) is 0 Å². The number of aromatic nitrogens is 6. The van der Waals surface area contributed by atoms with E-state index in [2.05, 4.69) is 76.8 Å². The Kier molecular flexibility index (Phi) is 16.8. The predicted octanol–water partition coefficient (Wildman–Crippen LogP) is 3.33. The first-order valence-electron chi connectivity index (χ1n) is 28.1. The molecule has 77 heavy (non-hydrogen) atoms. The zero-order chi connectivity index (χ0) is 53.7. The van der Waals surface area contributed by atoms with Gasteiger partial charge in [0.25, 0.3) is 0 Å². The molecule has 4 aromatic rings. The molecule has 6 heterocycles. The van der Waals surface area contributed by atoms with Gasteiger partial charge in [-0.25, -0.2) is 9.36 Å². The van der Waals surface area contributed by atoms with Crippen molar-refractivity contribution in [3.8, 4) is 0 Å². The second-order valence-corrected chi connectivity index (χ2v) is 22.2. The van der Waals surface area contributed by atoms with E-state index in [9.17, 15) is 28.8 Å². The van der Waals surface area contributed by atoms with Crippen molar-refractivity contribution < 1.29 is 33.5 Å². The molecule has 21 heteroatoms. The van der Waals surface area contributed by atoms with Gasteiger partial charge in [0.2, 0.25) is 35.4 Å². The van der Waals surface area contributed by atoms with Crippen molar-refractivity contribution >= 4 is 35.4 Å². The first-order valence-corrected chi connectivity index (χ1v) is 28.1. The third kappa shape index (κ3) is 11.8. The zero-order valence-electron chi connectivity index (χ0n) is 44.9. The number of ether oxygens (including phenoxy) is 1. The number of nitrogens with zero attached hydrogens (tertiary/aromatic N) is 8. The second kappa shape index (κ2) is 24.0. The summed E-state index contributed by atoms with van der Waals surface area (Å²) in [5.74, 6) is -1.37. The maximum atomic E-state index is 14.5. The number of benzene rings is 2. The Morgan fingerprint density at radius 2 is 0.961 bits per heavy atom. The third-order valence-electron chi connectivity index (χ3n) is 17.4. The summed E-state index contributed by atoms with van der Waals surface area (Å²) in [5.41, 5.74) is 5.96. The van der Waals surface area contributed by atoms with E-state index in [1.165, 1.54) is 11.1 Å².